The van der Waals surface area contributed by atoms with Crippen molar-refractivity contribution in [3.05, 3.63) is 142 Å². The normalized spacial score (nSPS) is 25.1. The van der Waals surface area contributed by atoms with E-state index in [0.717, 1.165) is 4.90 Å². The topological polar surface area (TPSA) is 80.8 Å². The van der Waals surface area contributed by atoms with Crippen LogP contribution >= 0.6 is 46.4 Å². The molecule has 4 aromatic rings. The predicted molar refractivity (Wildman–Crippen MR) is 180 cm³/mol. The number of rotatable bonds is 9. The van der Waals surface area contributed by atoms with Gasteiger partial charge in [-0.15, -0.1) is 34.8 Å². The maximum atomic E-state index is 14.7. The molecule has 1 saturated heterocycles. The van der Waals surface area contributed by atoms with Crippen LogP contribution in [-0.4, -0.2) is 46.5 Å². The largest absolute Gasteiger partial charge is 0.452 e. The minimum atomic E-state index is -1.41. The third-order valence-electron chi connectivity index (χ3n) is 9.53. The Balaban J connectivity index is 1.31. The summed E-state index contributed by atoms with van der Waals surface area (Å²) in [6.45, 7) is 0. The van der Waals surface area contributed by atoms with Gasteiger partial charge in [0, 0.05) is 29.3 Å². The van der Waals surface area contributed by atoms with E-state index < -0.39 is 57.3 Å². The number of hydrogen-bond donors (Lipinski definition) is 0. The Morgan fingerprint density at radius 3 is 1.66 bits per heavy atom. The molecule has 0 unspecified atom stereocenters. The number of carbonyl (C=O) groups excluding carboxylic acids is 4. The number of hydrogen-bond acceptors (Lipinski definition) is 5. The molecule has 47 heavy (non-hydrogen) atoms. The monoisotopic (exact) mass is 705 g/mol. The van der Waals surface area contributed by atoms with Gasteiger partial charge in [-0.1, -0.05) is 90.5 Å². The highest BCUT2D eigenvalue weighted by Crippen LogP contribution is 2.69. The molecule has 4 aromatic carbocycles. The van der Waals surface area contributed by atoms with Gasteiger partial charge in [0.05, 0.1) is 11.8 Å². The SMILES string of the molecule is O=C(c1ccc(Cl)cc1)[C@H](CCCl)OC(=O)[C@@H](Cc1ccccc1)N1C(=O)[C@@H]2[C@H](C1=O)C1(Cl)c3ccccc3C2(Cl)c2ccccc21. The molecule has 0 N–H and O–H groups in total. The number of benzene rings is 4. The number of halogens is 4. The van der Waals surface area contributed by atoms with Crippen LogP contribution in [0.2, 0.25) is 5.02 Å². The summed E-state index contributed by atoms with van der Waals surface area (Å²) in [4.78, 5) is 55.3. The molecule has 0 aromatic heterocycles. The maximum absolute atomic E-state index is 14.7. The van der Waals surface area contributed by atoms with Crippen LogP contribution in [0.1, 0.15) is 44.6 Å². The summed E-state index contributed by atoms with van der Waals surface area (Å²) in [5.74, 6) is -4.82. The van der Waals surface area contributed by atoms with Crippen molar-refractivity contribution in [3.63, 3.8) is 0 Å². The van der Waals surface area contributed by atoms with E-state index in [1.165, 1.54) is 12.1 Å². The molecule has 4 atom stereocenters. The fraction of sp³-hybridized carbons (Fsp3) is 0.243. The van der Waals surface area contributed by atoms with Crippen molar-refractivity contribution < 1.29 is 23.9 Å². The molecule has 238 valence electrons. The second kappa shape index (κ2) is 12.1. The smallest absolute Gasteiger partial charge is 0.330 e. The summed E-state index contributed by atoms with van der Waals surface area (Å²) in [6, 6.07) is 28.4. The van der Waals surface area contributed by atoms with Crippen LogP contribution in [-0.2, 0) is 35.3 Å². The lowest BCUT2D eigenvalue weighted by atomic mass is 9.54. The quantitative estimate of drug-likeness (QED) is 0.0792. The zero-order valence-corrected chi connectivity index (χ0v) is 27.8. The zero-order chi connectivity index (χ0) is 33.1. The number of nitrogens with zero attached hydrogens (tertiary/aromatic N) is 1. The van der Waals surface area contributed by atoms with E-state index in [2.05, 4.69) is 0 Å². The third kappa shape index (κ3) is 4.83. The van der Waals surface area contributed by atoms with Crippen LogP contribution in [0.15, 0.2) is 103 Å². The first kappa shape index (κ1) is 31.9. The van der Waals surface area contributed by atoms with E-state index in [9.17, 15) is 19.2 Å². The number of amides is 2. The van der Waals surface area contributed by atoms with Gasteiger partial charge in [0.15, 0.2) is 6.10 Å². The van der Waals surface area contributed by atoms with Gasteiger partial charge >= 0.3 is 5.97 Å². The van der Waals surface area contributed by atoms with Crippen molar-refractivity contribution in [2.24, 2.45) is 11.8 Å². The van der Waals surface area contributed by atoms with Crippen molar-refractivity contribution in [3.8, 4) is 0 Å². The summed E-state index contributed by atoms with van der Waals surface area (Å²) in [7, 11) is 0. The van der Waals surface area contributed by atoms with Crippen molar-refractivity contribution in [1.82, 2.24) is 4.90 Å². The van der Waals surface area contributed by atoms with Crippen LogP contribution in [0.5, 0.6) is 0 Å². The highest BCUT2D eigenvalue weighted by Gasteiger charge is 2.73. The molecule has 4 aliphatic rings. The van der Waals surface area contributed by atoms with Crippen LogP contribution in [0.4, 0.5) is 0 Å². The van der Waals surface area contributed by atoms with Crippen molar-refractivity contribution in [1.29, 1.82) is 0 Å². The lowest BCUT2D eigenvalue weighted by Gasteiger charge is -2.54. The number of imide groups is 1. The van der Waals surface area contributed by atoms with Crippen molar-refractivity contribution in [2.75, 3.05) is 5.88 Å². The molecule has 0 radical (unpaired) electrons. The van der Waals surface area contributed by atoms with Gasteiger partial charge in [-0.25, -0.2) is 4.79 Å². The van der Waals surface area contributed by atoms with E-state index in [-0.39, 0.29) is 24.3 Å². The molecular formula is C37H27Cl4NO5. The summed E-state index contributed by atoms with van der Waals surface area (Å²) >= 11 is 27.2. The number of likely N-dealkylation sites (tertiary alicyclic amines) is 1. The molecule has 3 aliphatic carbocycles. The standard InChI is InChI=1S/C37H27Cl4NO5/c38-19-18-29(32(43)22-14-16-23(39)17-15-22)47-35(46)28(20-21-8-2-1-3-9-21)42-33(44)30-31(34(42)45)37(41)25-11-5-4-10-24(25)36(30,40)26-12-6-7-13-27(26)37/h1-17,28-31H,18-20H2/t28-,29+,30-,31+,36?,37?/m1/s1. The molecule has 2 bridgehead atoms. The maximum Gasteiger partial charge on any atom is 0.330 e. The van der Waals surface area contributed by atoms with E-state index >= 15 is 0 Å². The number of alkyl halides is 3. The van der Waals surface area contributed by atoms with Crippen molar-refractivity contribution in [2.45, 2.75) is 34.7 Å². The number of ether oxygens (including phenoxy) is 1. The lowest BCUT2D eigenvalue weighted by Crippen LogP contribution is -2.57. The Morgan fingerprint density at radius 1 is 0.723 bits per heavy atom. The summed E-state index contributed by atoms with van der Waals surface area (Å²) in [5, 5.41) is 0.440. The zero-order valence-electron chi connectivity index (χ0n) is 24.7. The fourth-order valence-electron chi connectivity index (χ4n) is 7.47. The number of ketones is 1. The highest BCUT2D eigenvalue weighted by atomic mass is 35.5. The first-order valence-electron chi connectivity index (χ1n) is 15.2. The Kier molecular flexibility index (Phi) is 8.20. The van der Waals surface area contributed by atoms with Crippen LogP contribution < -0.4 is 0 Å². The van der Waals surface area contributed by atoms with Gasteiger partial charge in [0.2, 0.25) is 17.6 Å². The Hall–Kier alpha value is -3.68. The predicted octanol–water partition coefficient (Wildman–Crippen LogP) is 7.27. The number of Topliss-reactive ketones (excluding diaryl/α,β-unsaturated/α-hetero) is 1. The molecule has 10 heteroatoms. The molecular weight excluding hydrogens is 680 g/mol. The molecule has 2 amide bonds. The number of esters is 1. The number of carbonyl (C=O) groups is 4. The van der Waals surface area contributed by atoms with Gasteiger partial charge in [0.1, 0.15) is 15.8 Å². The average molecular weight is 707 g/mol. The molecule has 6 nitrogen and oxygen atoms in total. The third-order valence-corrected chi connectivity index (χ3v) is 11.3. The average Bonchev–Trinajstić information content (AvgIpc) is 3.36. The minimum absolute atomic E-state index is 0.0140. The second-order valence-corrected chi connectivity index (χ2v) is 14.0. The highest BCUT2D eigenvalue weighted by molar-refractivity contribution is 6.36. The fourth-order valence-corrected chi connectivity index (χ4v) is 8.90. The van der Waals surface area contributed by atoms with Gasteiger partial charge in [-0.05, 0) is 52.1 Å². The first-order chi connectivity index (χ1) is 22.6. The van der Waals surface area contributed by atoms with Gasteiger partial charge in [-0.2, -0.15) is 0 Å². The van der Waals surface area contributed by atoms with Crippen LogP contribution in [0.3, 0.4) is 0 Å². The van der Waals surface area contributed by atoms with E-state index in [1.54, 1.807) is 36.4 Å². The van der Waals surface area contributed by atoms with Gasteiger partial charge < -0.3 is 4.74 Å². The lowest BCUT2D eigenvalue weighted by molar-refractivity contribution is -0.161. The summed E-state index contributed by atoms with van der Waals surface area (Å²) in [6.07, 6.45) is -1.30. The molecule has 1 heterocycles. The van der Waals surface area contributed by atoms with E-state index in [0.29, 0.717) is 32.8 Å². The molecule has 8 rings (SSSR count). The molecule has 1 fully saturated rings. The Morgan fingerprint density at radius 2 is 1.19 bits per heavy atom. The van der Waals surface area contributed by atoms with E-state index in [1.807, 2.05) is 54.6 Å². The Labute approximate surface area is 291 Å². The summed E-state index contributed by atoms with van der Waals surface area (Å²) in [5.41, 5.74) is 3.56. The van der Waals surface area contributed by atoms with Crippen molar-refractivity contribution >= 4 is 70.0 Å². The van der Waals surface area contributed by atoms with Gasteiger partial charge in [0.25, 0.3) is 0 Å². The van der Waals surface area contributed by atoms with E-state index in [4.69, 9.17) is 51.1 Å². The minimum Gasteiger partial charge on any atom is -0.452 e. The van der Waals surface area contributed by atoms with Gasteiger partial charge in [-0.3, -0.25) is 19.3 Å². The first-order valence-corrected chi connectivity index (χ1v) is 16.8. The summed E-state index contributed by atoms with van der Waals surface area (Å²) < 4.78 is 5.86. The second-order valence-electron chi connectivity index (χ2n) is 12.0. The molecule has 0 saturated carbocycles. The Bertz CT molecular complexity index is 1790. The molecule has 1 aliphatic heterocycles. The molecule has 0 spiro atoms. The van der Waals surface area contributed by atoms with Crippen LogP contribution in [0.25, 0.3) is 0 Å². The van der Waals surface area contributed by atoms with Crippen LogP contribution in [0, 0.1) is 11.8 Å².